The molecule has 0 aromatic heterocycles. The molecule has 1 amide bonds. The molecule has 0 unspecified atom stereocenters. The number of carbonyl (C=O) groups excluding carboxylic acids is 1. The molecule has 1 aromatic carbocycles. The molecule has 1 aromatic rings. The second kappa shape index (κ2) is 6.14. The van der Waals surface area contributed by atoms with Crippen LogP contribution in [-0.4, -0.2) is 17.6 Å². The van der Waals surface area contributed by atoms with Crippen molar-refractivity contribution in [2.24, 2.45) is 0 Å². The van der Waals surface area contributed by atoms with Crippen LogP contribution < -0.4 is 10.2 Å². The van der Waals surface area contributed by atoms with Crippen molar-refractivity contribution >= 4 is 40.7 Å². The maximum atomic E-state index is 11.9. The van der Waals surface area contributed by atoms with E-state index in [9.17, 15) is 4.79 Å². The number of hydrogen-bond acceptors (Lipinski definition) is 5. The second-order valence-electron chi connectivity index (χ2n) is 4.85. The summed E-state index contributed by atoms with van der Waals surface area (Å²) in [6.07, 6.45) is 2.72. The molecular weight excluding hydrogens is 316 g/mol. The van der Waals surface area contributed by atoms with Gasteiger partial charge in [0.15, 0.2) is 5.76 Å². The number of thioether (sulfide) groups is 1. The summed E-state index contributed by atoms with van der Waals surface area (Å²) in [5.41, 5.74) is 2.06. The molecule has 22 heavy (non-hydrogen) atoms. The van der Waals surface area contributed by atoms with E-state index in [1.165, 1.54) is 10.6 Å². The molecule has 0 bridgehead atoms. The number of hydrogen-bond donors (Lipinski definition) is 1. The Hall–Kier alpha value is -1.79. The van der Waals surface area contributed by atoms with Gasteiger partial charge in [0.05, 0.1) is 10.7 Å². The summed E-state index contributed by atoms with van der Waals surface area (Å²) in [6.45, 7) is 4.98. The van der Waals surface area contributed by atoms with Gasteiger partial charge in [-0.15, -0.1) is 0 Å². The normalized spacial score (nSPS) is 21.0. The molecule has 2 aliphatic rings. The van der Waals surface area contributed by atoms with Gasteiger partial charge in [-0.3, -0.25) is 10.1 Å². The standard InChI is InChI=1S/C16H16N2O2S2/c1-3-10(14-15(19)17-16(21)20-14)9-13-18(4-2)11-7-5-6-8-12(11)22-13/h5-9H,3-4H2,1-2H3,(H,17,19,21). The van der Waals surface area contributed by atoms with Crippen LogP contribution in [0.15, 0.2) is 51.6 Å². The van der Waals surface area contributed by atoms with Crippen LogP contribution in [-0.2, 0) is 9.53 Å². The number of nitrogens with zero attached hydrogens (tertiary/aromatic N) is 1. The first-order chi connectivity index (χ1) is 10.6. The van der Waals surface area contributed by atoms with Crippen molar-refractivity contribution in [3.63, 3.8) is 0 Å². The third-order valence-corrected chi connectivity index (χ3v) is 4.84. The second-order valence-corrected chi connectivity index (χ2v) is 6.28. The van der Waals surface area contributed by atoms with Crippen LogP contribution in [0.2, 0.25) is 0 Å². The Morgan fingerprint density at radius 1 is 1.41 bits per heavy atom. The summed E-state index contributed by atoms with van der Waals surface area (Å²) in [5.74, 6) is 0.0508. The van der Waals surface area contributed by atoms with E-state index in [0.717, 1.165) is 17.1 Å². The predicted octanol–water partition coefficient (Wildman–Crippen LogP) is 3.56. The van der Waals surface area contributed by atoms with Crippen LogP contribution in [0.25, 0.3) is 0 Å². The zero-order valence-electron chi connectivity index (χ0n) is 12.4. The molecule has 2 aliphatic heterocycles. The number of amides is 1. The highest BCUT2D eigenvalue weighted by molar-refractivity contribution is 8.03. The average molecular weight is 332 g/mol. The molecule has 1 saturated heterocycles. The molecule has 1 fully saturated rings. The van der Waals surface area contributed by atoms with Crippen LogP contribution in [0.3, 0.4) is 0 Å². The number of benzene rings is 1. The number of thiocarbonyl (C=S) groups is 1. The van der Waals surface area contributed by atoms with Gasteiger partial charge < -0.3 is 9.64 Å². The zero-order chi connectivity index (χ0) is 15.7. The van der Waals surface area contributed by atoms with Crippen molar-refractivity contribution in [1.82, 2.24) is 5.32 Å². The van der Waals surface area contributed by atoms with Gasteiger partial charge in [0, 0.05) is 17.0 Å². The van der Waals surface area contributed by atoms with Gasteiger partial charge >= 0.3 is 0 Å². The molecule has 0 saturated carbocycles. The van der Waals surface area contributed by atoms with Gasteiger partial charge in [-0.25, -0.2) is 0 Å². The highest BCUT2D eigenvalue weighted by atomic mass is 32.2. The lowest BCUT2D eigenvalue weighted by molar-refractivity contribution is -0.116. The van der Waals surface area contributed by atoms with E-state index in [1.54, 1.807) is 11.8 Å². The molecule has 3 rings (SSSR count). The van der Waals surface area contributed by atoms with Crippen molar-refractivity contribution in [2.45, 2.75) is 25.2 Å². The fourth-order valence-electron chi connectivity index (χ4n) is 2.49. The molecule has 0 spiro atoms. The summed E-state index contributed by atoms with van der Waals surface area (Å²) < 4.78 is 5.36. The number of rotatable bonds is 3. The Morgan fingerprint density at radius 3 is 2.82 bits per heavy atom. The number of anilines is 1. The molecule has 1 N–H and O–H groups in total. The van der Waals surface area contributed by atoms with E-state index in [4.69, 9.17) is 17.0 Å². The Morgan fingerprint density at radius 2 is 2.18 bits per heavy atom. The van der Waals surface area contributed by atoms with Gasteiger partial charge in [-0.05, 0) is 43.8 Å². The Balaban J connectivity index is 2.00. The van der Waals surface area contributed by atoms with E-state index in [-0.39, 0.29) is 11.1 Å². The third-order valence-electron chi connectivity index (χ3n) is 3.54. The van der Waals surface area contributed by atoms with E-state index in [0.29, 0.717) is 12.2 Å². The van der Waals surface area contributed by atoms with Gasteiger partial charge in [-0.2, -0.15) is 0 Å². The first-order valence-corrected chi connectivity index (χ1v) is 8.39. The van der Waals surface area contributed by atoms with Gasteiger partial charge in [0.1, 0.15) is 0 Å². The molecule has 0 aliphatic carbocycles. The molecule has 114 valence electrons. The Bertz CT molecular complexity index is 710. The topological polar surface area (TPSA) is 41.6 Å². The maximum absolute atomic E-state index is 11.9. The summed E-state index contributed by atoms with van der Waals surface area (Å²) >= 11 is 6.61. The largest absolute Gasteiger partial charge is 0.425 e. The summed E-state index contributed by atoms with van der Waals surface area (Å²) in [4.78, 5) is 15.4. The number of carbonyl (C=O) groups is 1. The lowest BCUT2D eigenvalue weighted by atomic mass is 10.1. The lowest BCUT2D eigenvalue weighted by Gasteiger charge is -2.18. The fourth-order valence-corrected chi connectivity index (χ4v) is 3.86. The highest BCUT2D eigenvalue weighted by Gasteiger charge is 2.28. The highest BCUT2D eigenvalue weighted by Crippen LogP contribution is 2.46. The maximum Gasteiger partial charge on any atom is 0.294 e. The summed E-state index contributed by atoms with van der Waals surface area (Å²) in [5, 5.41) is 3.74. The minimum atomic E-state index is -0.262. The van der Waals surface area contributed by atoms with Crippen molar-refractivity contribution in [3.8, 4) is 0 Å². The molecule has 2 heterocycles. The number of nitrogens with one attached hydrogen (secondary N) is 1. The number of allylic oxidation sites excluding steroid dienone is 2. The van der Waals surface area contributed by atoms with Crippen molar-refractivity contribution < 1.29 is 9.53 Å². The van der Waals surface area contributed by atoms with Crippen molar-refractivity contribution in [3.05, 3.63) is 46.7 Å². The number of fused-ring (bicyclic) bond motifs is 1. The molecule has 6 heteroatoms. The van der Waals surface area contributed by atoms with E-state index in [2.05, 4.69) is 29.3 Å². The van der Waals surface area contributed by atoms with E-state index in [1.807, 2.05) is 25.1 Å². The van der Waals surface area contributed by atoms with Crippen molar-refractivity contribution in [2.75, 3.05) is 11.4 Å². The number of para-hydroxylation sites is 1. The molecular formula is C16H16N2O2S2. The van der Waals surface area contributed by atoms with Crippen LogP contribution in [0.4, 0.5) is 5.69 Å². The zero-order valence-corrected chi connectivity index (χ0v) is 14.0. The minimum absolute atomic E-state index is 0.124. The average Bonchev–Trinajstić information content (AvgIpc) is 3.03. The Labute approximate surface area is 139 Å². The van der Waals surface area contributed by atoms with Crippen LogP contribution in [0.5, 0.6) is 0 Å². The van der Waals surface area contributed by atoms with Crippen molar-refractivity contribution in [1.29, 1.82) is 0 Å². The lowest BCUT2D eigenvalue weighted by Crippen LogP contribution is -2.19. The monoisotopic (exact) mass is 332 g/mol. The summed E-state index contributed by atoms with van der Waals surface area (Å²) in [7, 11) is 0. The van der Waals surface area contributed by atoms with Crippen LogP contribution in [0, 0.1) is 0 Å². The summed E-state index contributed by atoms with van der Waals surface area (Å²) in [6, 6.07) is 8.29. The quantitative estimate of drug-likeness (QED) is 0.677. The van der Waals surface area contributed by atoms with Crippen LogP contribution >= 0.6 is 24.0 Å². The first-order valence-electron chi connectivity index (χ1n) is 7.16. The predicted molar refractivity (Wildman–Crippen MR) is 92.5 cm³/mol. The third kappa shape index (κ3) is 2.64. The van der Waals surface area contributed by atoms with Gasteiger partial charge in [0.2, 0.25) is 0 Å². The SMILES string of the molecule is CCC(C=C1Sc2ccccc2N1CC)=C1OC(=S)NC1=O. The fraction of sp³-hybridized carbons (Fsp3) is 0.250. The number of ether oxygens (including phenoxy) is 1. The van der Waals surface area contributed by atoms with E-state index < -0.39 is 0 Å². The smallest absolute Gasteiger partial charge is 0.294 e. The first kappa shape index (κ1) is 15.1. The van der Waals surface area contributed by atoms with E-state index >= 15 is 0 Å². The van der Waals surface area contributed by atoms with Crippen LogP contribution in [0.1, 0.15) is 20.3 Å². The molecule has 4 nitrogen and oxygen atoms in total. The van der Waals surface area contributed by atoms with Gasteiger partial charge in [-0.1, -0.05) is 30.8 Å². The van der Waals surface area contributed by atoms with Gasteiger partial charge in [0.25, 0.3) is 11.1 Å². The molecule has 0 radical (unpaired) electrons. The minimum Gasteiger partial charge on any atom is -0.425 e. The molecule has 0 atom stereocenters. The Kier molecular flexibility index (Phi) is 4.22.